The number of hydrogen-bond acceptors (Lipinski definition) is 2. The van der Waals surface area contributed by atoms with Crippen LogP contribution in [0.3, 0.4) is 0 Å². The third kappa shape index (κ3) is 3.34. The van der Waals surface area contributed by atoms with Crippen molar-refractivity contribution in [3.8, 4) is 0 Å². The van der Waals surface area contributed by atoms with Gasteiger partial charge in [-0.05, 0) is 24.3 Å². The van der Waals surface area contributed by atoms with Crippen molar-refractivity contribution in [2.24, 2.45) is 0 Å². The van der Waals surface area contributed by atoms with Gasteiger partial charge in [0.1, 0.15) is 0 Å². The van der Waals surface area contributed by atoms with Crippen LogP contribution in [0.4, 0.5) is 0 Å². The van der Waals surface area contributed by atoms with Crippen LogP contribution in [0.2, 0.25) is 0 Å². The highest BCUT2D eigenvalue weighted by Crippen LogP contribution is 2.14. The smallest absolute Gasteiger partial charge is 0.210 e. The van der Waals surface area contributed by atoms with Gasteiger partial charge in [0, 0.05) is 16.3 Å². The molecule has 3 nitrogen and oxygen atoms in total. The predicted octanol–water partition coefficient (Wildman–Crippen LogP) is 2.12. The molecule has 0 aliphatic rings. The van der Waals surface area contributed by atoms with E-state index in [0.717, 1.165) is 4.47 Å². The van der Waals surface area contributed by atoms with Crippen LogP contribution in [0.15, 0.2) is 33.6 Å². The molecule has 0 spiro atoms. The molecule has 6 heteroatoms. The molecule has 0 saturated carbocycles. The van der Waals surface area contributed by atoms with Crippen molar-refractivity contribution in [2.75, 3.05) is 11.9 Å². The Morgan fingerprint density at radius 1 is 1.21 bits per heavy atom. The second-order valence-electron chi connectivity index (χ2n) is 2.54. The van der Waals surface area contributed by atoms with Gasteiger partial charge in [-0.1, -0.05) is 31.9 Å². The molecule has 0 unspecified atom stereocenters. The predicted molar refractivity (Wildman–Crippen MR) is 63.1 cm³/mol. The first-order valence-electron chi connectivity index (χ1n) is 3.87. The normalized spacial score (nSPS) is 11.6. The molecule has 0 aliphatic carbocycles. The van der Waals surface area contributed by atoms with E-state index in [-0.39, 0.29) is 4.90 Å². The molecule has 1 aromatic carbocycles. The first-order chi connectivity index (χ1) is 6.56. The van der Waals surface area contributed by atoms with Crippen LogP contribution in [-0.2, 0) is 10.0 Å². The standard InChI is InChI=1S/C8H9Br2NO2S/c9-5-6-11-14(12,13)8-3-1-7(10)2-4-8/h1-4,11H,5-6H2. The summed E-state index contributed by atoms with van der Waals surface area (Å²) in [5.41, 5.74) is 0. The molecule has 0 atom stereocenters. The zero-order chi connectivity index (χ0) is 10.6. The lowest BCUT2D eigenvalue weighted by atomic mass is 10.4. The van der Waals surface area contributed by atoms with Crippen molar-refractivity contribution in [2.45, 2.75) is 4.90 Å². The molecular formula is C8H9Br2NO2S. The summed E-state index contributed by atoms with van der Waals surface area (Å²) in [6, 6.07) is 6.51. The van der Waals surface area contributed by atoms with Crippen LogP contribution >= 0.6 is 31.9 Å². The van der Waals surface area contributed by atoms with Crippen LogP contribution in [-0.4, -0.2) is 20.3 Å². The van der Waals surface area contributed by atoms with E-state index in [1.807, 2.05) is 0 Å². The van der Waals surface area contributed by atoms with Gasteiger partial charge in [0.15, 0.2) is 0 Å². The average molecular weight is 343 g/mol. The minimum atomic E-state index is -3.34. The monoisotopic (exact) mass is 341 g/mol. The molecule has 0 heterocycles. The molecule has 0 aromatic heterocycles. The lowest BCUT2D eigenvalue weighted by Gasteiger charge is -2.04. The molecule has 0 amide bonds. The van der Waals surface area contributed by atoms with Crippen molar-refractivity contribution < 1.29 is 8.42 Å². The quantitative estimate of drug-likeness (QED) is 0.852. The first kappa shape index (κ1) is 12.2. The summed E-state index contributed by atoms with van der Waals surface area (Å²) < 4.78 is 26.4. The van der Waals surface area contributed by atoms with Crippen LogP contribution in [0.1, 0.15) is 0 Å². The third-order valence-corrected chi connectivity index (χ3v) is 3.91. The third-order valence-electron chi connectivity index (χ3n) is 1.51. The van der Waals surface area contributed by atoms with Crippen molar-refractivity contribution >= 4 is 41.9 Å². The zero-order valence-electron chi connectivity index (χ0n) is 7.20. The van der Waals surface area contributed by atoms with Gasteiger partial charge in [-0.2, -0.15) is 0 Å². The van der Waals surface area contributed by atoms with Gasteiger partial charge in [-0.25, -0.2) is 13.1 Å². The summed E-state index contributed by atoms with van der Waals surface area (Å²) in [4.78, 5) is 0.279. The molecule has 78 valence electrons. The summed E-state index contributed by atoms with van der Waals surface area (Å²) in [6.07, 6.45) is 0. The Morgan fingerprint density at radius 3 is 2.29 bits per heavy atom. The largest absolute Gasteiger partial charge is 0.240 e. The minimum absolute atomic E-state index is 0.279. The van der Waals surface area contributed by atoms with Gasteiger partial charge in [0.2, 0.25) is 10.0 Å². The molecule has 0 saturated heterocycles. The van der Waals surface area contributed by atoms with Crippen molar-refractivity contribution in [1.29, 1.82) is 0 Å². The van der Waals surface area contributed by atoms with E-state index >= 15 is 0 Å². The number of halogens is 2. The van der Waals surface area contributed by atoms with E-state index in [2.05, 4.69) is 36.6 Å². The van der Waals surface area contributed by atoms with Crippen molar-refractivity contribution in [3.05, 3.63) is 28.7 Å². The fourth-order valence-corrected chi connectivity index (χ4v) is 2.63. The van der Waals surface area contributed by atoms with Gasteiger partial charge >= 0.3 is 0 Å². The molecule has 1 aromatic rings. The van der Waals surface area contributed by atoms with Crippen LogP contribution in [0.25, 0.3) is 0 Å². The maximum atomic E-state index is 11.6. The average Bonchev–Trinajstić information content (AvgIpc) is 2.16. The van der Waals surface area contributed by atoms with E-state index in [9.17, 15) is 8.42 Å². The lowest BCUT2D eigenvalue weighted by molar-refractivity contribution is 0.584. The Labute approximate surface area is 100 Å². The summed E-state index contributed by atoms with van der Waals surface area (Å²) in [7, 11) is -3.34. The number of hydrogen-bond donors (Lipinski definition) is 1. The maximum absolute atomic E-state index is 11.6. The second-order valence-corrected chi connectivity index (χ2v) is 6.02. The Morgan fingerprint density at radius 2 is 1.79 bits per heavy atom. The first-order valence-corrected chi connectivity index (χ1v) is 7.27. The summed E-state index contributed by atoms with van der Waals surface area (Å²) >= 11 is 6.39. The number of rotatable bonds is 4. The second kappa shape index (κ2) is 5.25. The number of nitrogens with one attached hydrogen (secondary N) is 1. The Hall–Kier alpha value is 0.0900. The topological polar surface area (TPSA) is 46.2 Å². The fourth-order valence-electron chi connectivity index (χ4n) is 0.870. The van der Waals surface area contributed by atoms with E-state index < -0.39 is 10.0 Å². The minimum Gasteiger partial charge on any atom is -0.210 e. The molecule has 0 radical (unpaired) electrons. The fraction of sp³-hybridized carbons (Fsp3) is 0.250. The van der Waals surface area contributed by atoms with E-state index in [1.54, 1.807) is 24.3 Å². The highest BCUT2D eigenvalue weighted by Gasteiger charge is 2.11. The Bertz CT molecular complexity index is 388. The van der Waals surface area contributed by atoms with E-state index in [1.165, 1.54) is 0 Å². The van der Waals surface area contributed by atoms with Gasteiger partial charge in [-0.3, -0.25) is 0 Å². The summed E-state index contributed by atoms with van der Waals surface area (Å²) in [5.74, 6) is 0. The Balaban J connectivity index is 2.87. The Kier molecular flexibility index (Phi) is 4.56. The van der Waals surface area contributed by atoms with Crippen LogP contribution in [0, 0.1) is 0 Å². The molecule has 0 fully saturated rings. The summed E-state index contributed by atoms with van der Waals surface area (Å²) in [6.45, 7) is 0.387. The van der Waals surface area contributed by atoms with Gasteiger partial charge in [0.25, 0.3) is 0 Å². The molecule has 14 heavy (non-hydrogen) atoms. The molecular weight excluding hydrogens is 334 g/mol. The van der Waals surface area contributed by atoms with Gasteiger partial charge in [-0.15, -0.1) is 0 Å². The molecule has 1 N–H and O–H groups in total. The number of alkyl halides is 1. The summed E-state index contributed by atoms with van der Waals surface area (Å²) in [5, 5.41) is 0.600. The molecule has 0 bridgehead atoms. The van der Waals surface area contributed by atoms with Crippen LogP contribution < -0.4 is 4.72 Å². The van der Waals surface area contributed by atoms with Crippen LogP contribution in [0.5, 0.6) is 0 Å². The van der Waals surface area contributed by atoms with Crippen molar-refractivity contribution in [1.82, 2.24) is 4.72 Å². The maximum Gasteiger partial charge on any atom is 0.240 e. The van der Waals surface area contributed by atoms with Crippen molar-refractivity contribution in [3.63, 3.8) is 0 Å². The van der Waals surface area contributed by atoms with E-state index in [0.29, 0.717) is 11.9 Å². The highest BCUT2D eigenvalue weighted by atomic mass is 79.9. The lowest BCUT2D eigenvalue weighted by Crippen LogP contribution is -2.25. The SMILES string of the molecule is O=S(=O)(NCCBr)c1ccc(Br)cc1. The molecule has 1 rings (SSSR count). The number of sulfonamides is 1. The van der Waals surface area contributed by atoms with Gasteiger partial charge in [0.05, 0.1) is 4.90 Å². The highest BCUT2D eigenvalue weighted by molar-refractivity contribution is 9.10. The number of benzene rings is 1. The molecule has 0 aliphatic heterocycles. The van der Waals surface area contributed by atoms with E-state index in [4.69, 9.17) is 0 Å². The zero-order valence-corrected chi connectivity index (χ0v) is 11.2. The van der Waals surface area contributed by atoms with Gasteiger partial charge < -0.3 is 0 Å².